The SMILES string of the molecule is O=C(N/N=C\c1ccc(O)cc1O)c1ccc(NC(=O)c2ccccc2Cl)cc1. The van der Waals surface area contributed by atoms with Crippen LogP contribution in [-0.2, 0) is 0 Å². The van der Waals surface area contributed by atoms with Crippen LogP contribution in [0.3, 0.4) is 0 Å². The van der Waals surface area contributed by atoms with Crippen molar-refractivity contribution in [2.75, 3.05) is 5.32 Å². The van der Waals surface area contributed by atoms with Crippen LogP contribution in [0.2, 0.25) is 5.02 Å². The van der Waals surface area contributed by atoms with Crippen molar-refractivity contribution in [3.05, 3.63) is 88.4 Å². The summed E-state index contributed by atoms with van der Waals surface area (Å²) < 4.78 is 0. The lowest BCUT2D eigenvalue weighted by Gasteiger charge is -2.07. The van der Waals surface area contributed by atoms with Crippen molar-refractivity contribution >= 4 is 35.3 Å². The summed E-state index contributed by atoms with van der Waals surface area (Å²) in [6.07, 6.45) is 1.25. The van der Waals surface area contributed by atoms with Gasteiger partial charge in [0, 0.05) is 22.9 Å². The van der Waals surface area contributed by atoms with Gasteiger partial charge < -0.3 is 15.5 Å². The molecule has 0 bridgehead atoms. The summed E-state index contributed by atoms with van der Waals surface area (Å²) in [4.78, 5) is 24.4. The van der Waals surface area contributed by atoms with Crippen LogP contribution in [0, 0.1) is 0 Å². The third-order valence-electron chi connectivity index (χ3n) is 3.91. The van der Waals surface area contributed by atoms with Crippen LogP contribution in [0.4, 0.5) is 5.69 Å². The molecule has 0 unspecified atom stereocenters. The molecule has 0 aliphatic rings. The van der Waals surface area contributed by atoms with Crippen LogP contribution in [0.25, 0.3) is 0 Å². The van der Waals surface area contributed by atoms with E-state index in [0.717, 1.165) is 0 Å². The molecule has 0 saturated carbocycles. The number of phenols is 2. The molecule has 0 spiro atoms. The van der Waals surface area contributed by atoms with Gasteiger partial charge in [0.15, 0.2) is 0 Å². The Morgan fingerprint density at radius 3 is 2.34 bits per heavy atom. The highest BCUT2D eigenvalue weighted by Crippen LogP contribution is 2.21. The van der Waals surface area contributed by atoms with E-state index in [1.54, 1.807) is 36.4 Å². The number of carbonyl (C=O) groups is 2. The van der Waals surface area contributed by atoms with Crippen LogP contribution < -0.4 is 10.7 Å². The molecule has 0 heterocycles. The van der Waals surface area contributed by atoms with Crippen molar-refractivity contribution in [3.63, 3.8) is 0 Å². The van der Waals surface area contributed by atoms with E-state index >= 15 is 0 Å². The summed E-state index contributed by atoms with van der Waals surface area (Å²) >= 11 is 6.01. The molecule has 0 saturated heterocycles. The standard InChI is InChI=1S/C21H16ClN3O4/c22-18-4-2-1-3-17(18)21(29)24-15-8-5-13(6-9-15)20(28)25-23-12-14-7-10-16(26)11-19(14)27/h1-12,26-27H,(H,24,29)(H,25,28)/b23-12-. The number of anilines is 1. The number of hydrogen-bond donors (Lipinski definition) is 4. The Bertz CT molecular complexity index is 1080. The second-order valence-corrected chi connectivity index (χ2v) is 6.36. The van der Waals surface area contributed by atoms with Gasteiger partial charge in [-0.15, -0.1) is 0 Å². The van der Waals surface area contributed by atoms with Crippen molar-refractivity contribution < 1.29 is 19.8 Å². The number of hydrogen-bond acceptors (Lipinski definition) is 5. The minimum Gasteiger partial charge on any atom is -0.508 e. The average Bonchev–Trinajstić information content (AvgIpc) is 2.70. The van der Waals surface area contributed by atoms with Crippen LogP contribution >= 0.6 is 11.6 Å². The minimum atomic E-state index is -0.469. The van der Waals surface area contributed by atoms with Crippen molar-refractivity contribution in [3.8, 4) is 11.5 Å². The molecule has 0 radical (unpaired) electrons. The van der Waals surface area contributed by atoms with Crippen LogP contribution in [0.15, 0.2) is 71.8 Å². The van der Waals surface area contributed by atoms with E-state index in [2.05, 4.69) is 15.8 Å². The lowest BCUT2D eigenvalue weighted by molar-refractivity contribution is 0.0954. The van der Waals surface area contributed by atoms with E-state index in [9.17, 15) is 19.8 Å². The van der Waals surface area contributed by atoms with E-state index in [-0.39, 0.29) is 17.4 Å². The third kappa shape index (κ3) is 5.12. The molecule has 29 heavy (non-hydrogen) atoms. The van der Waals surface area contributed by atoms with Gasteiger partial charge in [-0.2, -0.15) is 5.10 Å². The van der Waals surface area contributed by atoms with Gasteiger partial charge in [-0.3, -0.25) is 9.59 Å². The highest BCUT2D eigenvalue weighted by Gasteiger charge is 2.10. The van der Waals surface area contributed by atoms with Gasteiger partial charge in [0.1, 0.15) is 11.5 Å². The summed E-state index contributed by atoms with van der Waals surface area (Å²) in [5.74, 6) is -1.07. The molecule has 3 rings (SSSR count). The van der Waals surface area contributed by atoms with E-state index in [0.29, 0.717) is 27.4 Å². The Kier molecular flexibility index (Phi) is 6.11. The molecule has 3 aromatic rings. The first-order valence-electron chi connectivity index (χ1n) is 8.45. The molecular formula is C21H16ClN3O4. The highest BCUT2D eigenvalue weighted by atomic mass is 35.5. The largest absolute Gasteiger partial charge is 0.508 e. The number of aromatic hydroxyl groups is 2. The molecule has 4 N–H and O–H groups in total. The van der Waals surface area contributed by atoms with Gasteiger partial charge in [0.05, 0.1) is 16.8 Å². The number of carbonyl (C=O) groups excluding carboxylic acids is 2. The Hall–Kier alpha value is -3.84. The van der Waals surface area contributed by atoms with E-state index in [4.69, 9.17) is 11.6 Å². The zero-order chi connectivity index (χ0) is 20.8. The Balaban J connectivity index is 1.60. The second-order valence-electron chi connectivity index (χ2n) is 5.95. The maximum absolute atomic E-state index is 12.2. The van der Waals surface area contributed by atoms with Gasteiger partial charge in [-0.1, -0.05) is 23.7 Å². The fourth-order valence-electron chi connectivity index (χ4n) is 2.41. The number of benzene rings is 3. The van der Waals surface area contributed by atoms with Crippen molar-refractivity contribution in [1.82, 2.24) is 5.43 Å². The zero-order valence-electron chi connectivity index (χ0n) is 15.0. The topological polar surface area (TPSA) is 111 Å². The van der Waals surface area contributed by atoms with Crippen LogP contribution in [0.1, 0.15) is 26.3 Å². The molecule has 3 aromatic carbocycles. The van der Waals surface area contributed by atoms with Crippen molar-refractivity contribution in [2.24, 2.45) is 5.10 Å². The van der Waals surface area contributed by atoms with Crippen molar-refractivity contribution in [1.29, 1.82) is 0 Å². The third-order valence-corrected chi connectivity index (χ3v) is 4.24. The average molecular weight is 410 g/mol. The minimum absolute atomic E-state index is 0.0783. The molecule has 8 heteroatoms. The molecule has 146 valence electrons. The van der Waals surface area contributed by atoms with Gasteiger partial charge in [-0.25, -0.2) is 5.43 Å². The number of rotatable bonds is 5. The number of nitrogens with zero attached hydrogens (tertiary/aromatic N) is 1. The van der Waals surface area contributed by atoms with Crippen LogP contribution in [-0.4, -0.2) is 28.2 Å². The molecule has 2 amide bonds. The van der Waals surface area contributed by atoms with Gasteiger partial charge in [0.2, 0.25) is 0 Å². The lowest BCUT2D eigenvalue weighted by atomic mass is 10.1. The molecule has 0 aliphatic heterocycles. The molecular weight excluding hydrogens is 394 g/mol. The summed E-state index contributed by atoms with van der Waals surface area (Å²) in [6, 6.07) is 16.9. The maximum atomic E-state index is 12.2. The van der Waals surface area contributed by atoms with E-state index in [1.807, 2.05) is 0 Å². The smallest absolute Gasteiger partial charge is 0.271 e. The summed E-state index contributed by atoms with van der Waals surface area (Å²) in [6.45, 7) is 0. The lowest BCUT2D eigenvalue weighted by Crippen LogP contribution is -2.18. The Morgan fingerprint density at radius 1 is 0.931 bits per heavy atom. The molecule has 0 aliphatic carbocycles. The maximum Gasteiger partial charge on any atom is 0.271 e. The van der Waals surface area contributed by atoms with E-state index in [1.165, 1.54) is 36.5 Å². The first kappa shape index (κ1) is 19.9. The molecule has 0 fully saturated rings. The van der Waals surface area contributed by atoms with Crippen molar-refractivity contribution in [2.45, 2.75) is 0 Å². The van der Waals surface area contributed by atoms with E-state index < -0.39 is 5.91 Å². The van der Waals surface area contributed by atoms with Gasteiger partial charge in [-0.05, 0) is 48.5 Å². The van der Waals surface area contributed by atoms with Gasteiger partial charge in [0.25, 0.3) is 11.8 Å². The monoisotopic (exact) mass is 409 g/mol. The fraction of sp³-hybridized carbons (Fsp3) is 0. The first-order chi connectivity index (χ1) is 13.9. The summed E-state index contributed by atoms with van der Waals surface area (Å²) in [5, 5.41) is 25.7. The predicted octanol–water partition coefficient (Wildman–Crippen LogP) is 3.77. The first-order valence-corrected chi connectivity index (χ1v) is 8.83. The summed E-state index contributed by atoms with van der Waals surface area (Å²) in [7, 11) is 0. The Morgan fingerprint density at radius 2 is 1.66 bits per heavy atom. The normalized spacial score (nSPS) is 10.7. The molecule has 0 atom stereocenters. The number of amides is 2. The highest BCUT2D eigenvalue weighted by molar-refractivity contribution is 6.34. The number of nitrogens with one attached hydrogen (secondary N) is 2. The fourth-order valence-corrected chi connectivity index (χ4v) is 2.64. The Labute approximate surface area is 171 Å². The summed E-state index contributed by atoms with van der Waals surface area (Å²) in [5.41, 5.74) is 3.85. The molecule has 0 aromatic heterocycles. The predicted molar refractivity (Wildman–Crippen MR) is 111 cm³/mol. The second kappa shape index (κ2) is 8.90. The molecule has 7 nitrogen and oxygen atoms in total. The number of phenolic OH excluding ortho intramolecular Hbond substituents is 2. The quantitative estimate of drug-likeness (QED) is 0.379. The van der Waals surface area contributed by atoms with Crippen LogP contribution in [0.5, 0.6) is 11.5 Å². The zero-order valence-corrected chi connectivity index (χ0v) is 15.7. The van der Waals surface area contributed by atoms with Gasteiger partial charge >= 0.3 is 0 Å². The number of hydrazone groups is 1. The number of halogens is 1.